The minimum absolute atomic E-state index is 0.0836. The maximum Gasteiger partial charge on any atom is 0.225 e. The van der Waals surface area contributed by atoms with Crippen LogP contribution < -0.4 is 10.6 Å². The SMILES string of the molecule is CC(C)[C@@H](NC[C@@H]1CC(=O)Nc2ccccc21)c1cc2ccccc2o1. The van der Waals surface area contributed by atoms with Gasteiger partial charge in [-0.05, 0) is 29.7 Å². The molecular formula is C22H24N2O2. The Bertz CT molecular complexity index is 896. The maximum atomic E-state index is 12.0. The summed E-state index contributed by atoms with van der Waals surface area (Å²) >= 11 is 0. The molecule has 1 aliphatic rings. The Kier molecular flexibility index (Phi) is 4.51. The van der Waals surface area contributed by atoms with Gasteiger partial charge in [0.15, 0.2) is 0 Å². The molecule has 0 radical (unpaired) electrons. The number of furan rings is 1. The molecule has 0 aliphatic carbocycles. The van der Waals surface area contributed by atoms with Crippen molar-refractivity contribution in [3.63, 3.8) is 0 Å². The van der Waals surface area contributed by atoms with E-state index in [1.165, 1.54) is 5.56 Å². The number of hydrogen-bond acceptors (Lipinski definition) is 3. The summed E-state index contributed by atoms with van der Waals surface area (Å²) in [6, 6.07) is 18.4. The second kappa shape index (κ2) is 6.96. The summed E-state index contributed by atoms with van der Waals surface area (Å²) in [5.41, 5.74) is 3.05. The van der Waals surface area contributed by atoms with Gasteiger partial charge >= 0.3 is 0 Å². The number of anilines is 1. The van der Waals surface area contributed by atoms with Crippen molar-refractivity contribution >= 4 is 22.6 Å². The topological polar surface area (TPSA) is 54.3 Å². The van der Waals surface area contributed by atoms with E-state index < -0.39 is 0 Å². The first-order chi connectivity index (χ1) is 12.6. The Morgan fingerprint density at radius 2 is 1.92 bits per heavy atom. The van der Waals surface area contributed by atoms with Gasteiger partial charge < -0.3 is 15.1 Å². The lowest BCUT2D eigenvalue weighted by Crippen LogP contribution is -2.33. The predicted molar refractivity (Wildman–Crippen MR) is 104 cm³/mol. The van der Waals surface area contributed by atoms with Gasteiger partial charge in [0.2, 0.25) is 5.91 Å². The van der Waals surface area contributed by atoms with E-state index in [1.54, 1.807) is 0 Å². The van der Waals surface area contributed by atoms with Crippen molar-refractivity contribution < 1.29 is 9.21 Å². The Morgan fingerprint density at radius 3 is 2.73 bits per heavy atom. The molecule has 26 heavy (non-hydrogen) atoms. The average Bonchev–Trinajstić information content (AvgIpc) is 3.05. The van der Waals surface area contributed by atoms with Crippen molar-refractivity contribution in [2.75, 3.05) is 11.9 Å². The molecule has 0 saturated carbocycles. The van der Waals surface area contributed by atoms with E-state index in [4.69, 9.17) is 4.42 Å². The van der Waals surface area contributed by atoms with E-state index in [-0.39, 0.29) is 17.9 Å². The zero-order valence-corrected chi connectivity index (χ0v) is 15.2. The fourth-order valence-corrected chi connectivity index (χ4v) is 3.77. The highest BCUT2D eigenvalue weighted by Gasteiger charge is 2.27. The molecule has 2 aromatic carbocycles. The summed E-state index contributed by atoms with van der Waals surface area (Å²) in [6.07, 6.45) is 0.509. The summed E-state index contributed by atoms with van der Waals surface area (Å²) in [4.78, 5) is 12.0. The number of carbonyl (C=O) groups excluding carboxylic acids is 1. The molecule has 1 amide bonds. The molecule has 0 bridgehead atoms. The molecule has 1 aromatic heterocycles. The van der Waals surface area contributed by atoms with Gasteiger partial charge in [-0.25, -0.2) is 0 Å². The zero-order valence-electron chi connectivity index (χ0n) is 15.2. The second-order valence-corrected chi connectivity index (χ2v) is 7.35. The number of rotatable bonds is 5. The number of carbonyl (C=O) groups is 1. The van der Waals surface area contributed by atoms with Crippen LogP contribution in [0, 0.1) is 5.92 Å². The molecule has 1 aliphatic heterocycles. The van der Waals surface area contributed by atoms with Crippen LogP contribution in [0.15, 0.2) is 59.0 Å². The van der Waals surface area contributed by atoms with E-state index in [0.717, 1.165) is 29.0 Å². The molecule has 0 saturated heterocycles. The summed E-state index contributed by atoms with van der Waals surface area (Å²) in [5.74, 6) is 1.59. The van der Waals surface area contributed by atoms with Crippen molar-refractivity contribution in [3.05, 3.63) is 65.9 Å². The average molecular weight is 348 g/mol. The molecule has 4 nitrogen and oxygen atoms in total. The van der Waals surface area contributed by atoms with Gasteiger partial charge in [0.05, 0.1) is 6.04 Å². The first-order valence-corrected chi connectivity index (χ1v) is 9.22. The Labute approximate surface area is 153 Å². The molecule has 3 aromatic rings. The second-order valence-electron chi connectivity index (χ2n) is 7.35. The van der Waals surface area contributed by atoms with Crippen LogP contribution in [0.2, 0.25) is 0 Å². The number of para-hydroxylation sites is 2. The summed E-state index contributed by atoms with van der Waals surface area (Å²) in [6.45, 7) is 5.11. The number of benzene rings is 2. The molecule has 0 unspecified atom stereocenters. The normalized spacial score (nSPS) is 18.0. The molecule has 4 rings (SSSR count). The highest BCUT2D eigenvalue weighted by molar-refractivity contribution is 5.94. The van der Waals surface area contributed by atoms with Gasteiger partial charge in [0.1, 0.15) is 11.3 Å². The predicted octanol–water partition coefficient (Wildman–Crippen LogP) is 4.85. The van der Waals surface area contributed by atoms with Gasteiger partial charge in [-0.15, -0.1) is 0 Å². The molecule has 134 valence electrons. The van der Waals surface area contributed by atoms with Crippen LogP contribution in [0.25, 0.3) is 11.0 Å². The quantitative estimate of drug-likeness (QED) is 0.693. The minimum Gasteiger partial charge on any atom is -0.459 e. The highest BCUT2D eigenvalue weighted by Crippen LogP contribution is 2.33. The summed E-state index contributed by atoms with van der Waals surface area (Å²) in [5, 5.41) is 7.74. The van der Waals surface area contributed by atoms with Crippen LogP contribution in [0.4, 0.5) is 5.69 Å². The fourth-order valence-electron chi connectivity index (χ4n) is 3.77. The highest BCUT2D eigenvalue weighted by atomic mass is 16.3. The molecule has 2 atom stereocenters. The van der Waals surface area contributed by atoms with Crippen molar-refractivity contribution in [2.45, 2.75) is 32.2 Å². The molecule has 2 N–H and O–H groups in total. The Hall–Kier alpha value is -2.59. The number of nitrogens with one attached hydrogen (secondary N) is 2. The first kappa shape index (κ1) is 16.9. The van der Waals surface area contributed by atoms with Crippen LogP contribution in [0.5, 0.6) is 0 Å². The molecule has 2 heterocycles. The van der Waals surface area contributed by atoms with Crippen LogP contribution in [0.3, 0.4) is 0 Å². The van der Waals surface area contributed by atoms with Crippen molar-refractivity contribution in [3.8, 4) is 0 Å². The van der Waals surface area contributed by atoms with Crippen LogP contribution in [-0.4, -0.2) is 12.5 Å². The molecule has 0 spiro atoms. The lowest BCUT2D eigenvalue weighted by molar-refractivity contribution is -0.116. The maximum absolute atomic E-state index is 12.0. The van der Waals surface area contributed by atoms with Crippen molar-refractivity contribution in [1.29, 1.82) is 0 Å². The van der Waals surface area contributed by atoms with E-state index >= 15 is 0 Å². The van der Waals surface area contributed by atoms with Crippen LogP contribution in [-0.2, 0) is 4.79 Å². The minimum atomic E-state index is 0.0836. The number of fused-ring (bicyclic) bond motifs is 2. The van der Waals surface area contributed by atoms with Gasteiger partial charge in [-0.2, -0.15) is 0 Å². The van der Waals surface area contributed by atoms with Crippen LogP contribution >= 0.6 is 0 Å². The van der Waals surface area contributed by atoms with Gasteiger partial charge in [-0.3, -0.25) is 4.79 Å². The van der Waals surface area contributed by atoms with Gasteiger partial charge in [0.25, 0.3) is 0 Å². The third-order valence-electron chi connectivity index (χ3n) is 5.11. The lowest BCUT2D eigenvalue weighted by Gasteiger charge is -2.28. The third-order valence-corrected chi connectivity index (χ3v) is 5.11. The monoisotopic (exact) mass is 348 g/mol. The Balaban J connectivity index is 1.55. The summed E-state index contributed by atoms with van der Waals surface area (Å²) < 4.78 is 6.08. The Morgan fingerprint density at radius 1 is 1.15 bits per heavy atom. The molecular weight excluding hydrogens is 324 g/mol. The standard InChI is InChI=1S/C22H24N2O2/c1-14(2)22(20-11-15-7-3-6-10-19(15)26-20)23-13-16-12-21(25)24-18-9-5-4-8-17(16)18/h3-11,14,16,22-23H,12-13H2,1-2H3,(H,24,25)/t16-,22+/m0/s1. The van der Waals surface area contributed by atoms with Gasteiger partial charge in [-0.1, -0.05) is 50.2 Å². The van der Waals surface area contributed by atoms with E-state index in [2.05, 4.69) is 42.7 Å². The van der Waals surface area contributed by atoms with Crippen molar-refractivity contribution in [2.24, 2.45) is 5.92 Å². The largest absolute Gasteiger partial charge is 0.459 e. The molecule has 0 fully saturated rings. The molecule has 4 heteroatoms. The van der Waals surface area contributed by atoms with E-state index in [9.17, 15) is 4.79 Å². The van der Waals surface area contributed by atoms with Gasteiger partial charge in [0, 0.05) is 30.0 Å². The smallest absolute Gasteiger partial charge is 0.225 e. The first-order valence-electron chi connectivity index (χ1n) is 9.22. The van der Waals surface area contributed by atoms with Crippen LogP contribution in [0.1, 0.15) is 43.6 Å². The fraction of sp³-hybridized carbons (Fsp3) is 0.318. The van der Waals surface area contributed by atoms with Crippen molar-refractivity contribution in [1.82, 2.24) is 5.32 Å². The van der Waals surface area contributed by atoms with E-state index in [1.807, 2.05) is 36.4 Å². The lowest BCUT2D eigenvalue weighted by atomic mass is 9.89. The summed E-state index contributed by atoms with van der Waals surface area (Å²) in [7, 11) is 0. The third kappa shape index (κ3) is 3.25. The number of hydrogen-bond donors (Lipinski definition) is 2. The number of amides is 1. The van der Waals surface area contributed by atoms with E-state index in [0.29, 0.717) is 12.3 Å². The zero-order chi connectivity index (χ0) is 18.1.